The van der Waals surface area contributed by atoms with Crippen LogP contribution in [0, 0.1) is 11.3 Å². The quantitative estimate of drug-likeness (QED) is 0.719. The van der Waals surface area contributed by atoms with Crippen molar-refractivity contribution >= 4 is 17.5 Å². The molecule has 0 aliphatic heterocycles. The van der Waals surface area contributed by atoms with Crippen molar-refractivity contribution in [2.45, 2.75) is 78.9 Å². The van der Waals surface area contributed by atoms with Crippen molar-refractivity contribution in [3.63, 3.8) is 0 Å². The highest BCUT2D eigenvalue weighted by Gasteiger charge is 2.32. The third-order valence-corrected chi connectivity index (χ3v) is 5.77. The molecule has 0 atom stereocenters. The Balaban J connectivity index is 1.80. The number of rotatable bonds is 6. The van der Waals surface area contributed by atoms with Crippen LogP contribution in [0.5, 0.6) is 5.75 Å². The highest BCUT2D eigenvalue weighted by molar-refractivity contribution is 6.39. The molecule has 0 unspecified atom stereocenters. The molecule has 2 amide bonds. The first kappa shape index (κ1) is 21.3. The number of carbonyl (C=O) groups excluding carboxylic acids is 2. The van der Waals surface area contributed by atoms with E-state index in [0.29, 0.717) is 17.0 Å². The number of benzene rings is 1. The fourth-order valence-electron chi connectivity index (χ4n) is 3.64. The fourth-order valence-corrected chi connectivity index (χ4v) is 3.64. The van der Waals surface area contributed by atoms with Crippen LogP contribution in [0.4, 0.5) is 5.69 Å². The molecule has 2 rings (SSSR count). The minimum Gasteiger partial charge on any atom is -0.491 e. The molecule has 1 fully saturated rings. The van der Waals surface area contributed by atoms with Crippen molar-refractivity contribution < 1.29 is 14.3 Å². The van der Waals surface area contributed by atoms with Crippen molar-refractivity contribution in [2.75, 3.05) is 5.32 Å². The second-order valence-corrected chi connectivity index (χ2v) is 8.51. The van der Waals surface area contributed by atoms with E-state index in [9.17, 15) is 9.59 Å². The Kier molecular flexibility index (Phi) is 7.28. The predicted molar refractivity (Wildman–Crippen MR) is 109 cm³/mol. The fraction of sp³-hybridized carbons (Fsp3) is 0.636. The summed E-state index contributed by atoms with van der Waals surface area (Å²) < 4.78 is 5.57. The van der Waals surface area contributed by atoms with E-state index in [1.54, 1.807) is 24.3 Å². The molecule has 0 bridgehead atoms. The van der Waals surface area contributed by atoms with Gasteiger partial charge in [0.1, 0.15) is 5.75 Å². The molecule has 0 saturated heterocycles. The number of amides is 2. The standard InChI is InChI=1S/C22H34N2O3/c1-6-22(4,5)16-7-9-17(10-8-16)23-20(25)21(26)24-18-11-13-19(14-12-18)27-15(2)3/h11-17H,6-10H2,1-5H3,(H,23,25)(H,24,26). The van der Waals surface area contributed by atoms with Gasteiger partial charge in [-0.15, -0.1) is 0 Å². The number of anilines is 1. The zero-order chi connectivity index (χ0) is 20.0. The summed E-state index contributed by atoms with van der Waals surface area (Å²) in [6.45, 7) is 10.8. The largest absolute Gasteiger partial charge is 0.491 e. The average Bonchev–Trinajstić information content (AvgIpc) is 2.63. The number of hydrogen-bond acceptors (Lipinski definition) is 3. The monoisotopic (exact) mass is 374 g/mol. The van der Waals surface area contributed by atoms with Crippen molar-refractivity contribution in [1.82, 2.24) is 5.32 Å². The maximum Gasteiger partial charge on any atom is 0.313 e. The highest BCUT2D eigenvalue weighted by Crippen LogP contribution is 2.40. The lowest BCUT2D eigenvalue weighted by atomic mass is 9.69. The van der Waals surface area contributed by atoms with Crippen LogP contribution >= 0.6 is 0 Å². The first-order valence-corrected chi connectivity index (χ1v) is 10.1. The van der Waals surface area contributed by atoms with Gasteiger partial charge >= 0.3 is 11.8 Å². The van der Waals surface area contributed by atoms with E-state index in [2.05, 4.69) is 31.4 Å². The molecule has 27 heavy (non-hydrogen) atoms. The third kappa shape index (κ3) is 6.26. The Morgan fingerprint density at radius 1 is 1.07 bits per heavy atom. The lowest BCUT2D eigenvalue weighted by Crippen LogP contribution is -2.44. The Morgan fingerprint density at radius 2 is 1.67 bits per heavy atom. The molecule has 1 aromatic carbocycles. The Morgan fingerprint density at radius 3 is 2.19 bits per heavy atom. The molecule has 150 valence electrons. The lowest BCUT2D eigenvalue weighted by molar-refractivity contribution is -0.136. The summed E-state index contributed by atoms with van der Waals surface area (Å²) in [5.41, 5.74) is 0.928. The Labute approximate surface area is 163 Å². The van der Waals surface area contributed by atoms with Crippen LogP contribution in [-0.2, 0) is 9.59 Å². The van der Waals surface area contributed by atoms with E-state index >= 15 is 0 Å². The van der Waals surface area contributed by atoms with E-state index in [0.717, 1.165) is 37.9 Å². The molecule has 1 aromatic rings. The molecule has 1 saturated carbocycles. The van der Waals surface area contributed by atoms with Crippen LogP contribution in [0.25, 0.3) is 0 Å². The maximum atomic E-state index is 12.2. The zero-order valence-electron chi connectivity index (χ0n) is 17.3. The molecular formula is C22H34N2O3. The molecule has 2 N–H and O–H groups in total. The SMILES string of the molecule is CCC(C)(C)C1CCC(NC(=O)C(=O)Nc2ccc(OC(C)C)cc2)CC1. The van der Waals surface area contributed by atoms with Crippen molar-refractivity contribution in [2.24, 2.45) is 11.3 Å². The van der Waals surface area contributed by atoms with Crippen molar-refractivity contribution in [3.8, 4) is 5.75 Å². The summed E-state index contributed by atoms with van der Waals surface area (Å²) in [5, 5.41) is 5.54. The van der Waals surface area contributed by atoms with Gasteiger partial charge < -0.3 is 15.4 Å². The summed E-state index contributed by atoms with van der Waals surface area (Å²) in [6.07, 6.45) is 5.34. The van der Waals surface area contributed by atoms with Gasteiger partial charge in [-0.05, 0) is 75.1 Å². The van der Waals surface area contributed by atoms with E-state index in [1.807, 2.05) is 13.8 Å². The number of carbonyl (C=O) groups is 2. The van der Waals surface area contributed by atoms with Gasteiger partial charge in [-0.3, -0.25) is 9.59 Å². The van der Waals surface area contributed by atoms with Gasteiger partial charge in [0.05, 0.1) is 6.10 Å². The predicted octanol–water partition coefficient (Wildman–Crippen LogP) is 4.52. The van der Waals surface area contributed by atoms with Gasteiger partial charge in [-0.1, -0.05) is 27.2 Å². The third-order valence-electron chi connectivity index (χ3n) is 5.77. The summed E-state index contributed by atoms with van der Waals surface area (Å²) >= 11 is 0. The molecule has 5 nitrogen and oxygen atoms in total. The minimum absolute atomic E-state index is 0.0916. The van der Waals surface area contributed by atoms with Crippen molar-refractivity contribution in [3.05, 3.63) is 24.3 Å². The second kappa shape index (κ2) is 9.25. The molecule has 0 spiro atoms. The minimum atomic E-state index is -0.622. The molecular weight excluding hydrogens is 340 g/mol. The van der Waals surface area contributed by atoms with Gasteiger partial charge in [0.2, 0.25) is 0 Å². The molecule has 1 aliphatic rings. The van der Waals surface area contributed by atoms with E-state index in [4.69, 9.17) is 4.74 Å². The Bertz CT molecular complexity index is 629. The summed E-state index contributed by atoms with van der Waals surface area (Å²) in [6, 6.07) is 7.13. The average molecular weight is 375 g/mol. The van der Waals surface area contributed by atoms with E-state index in [1.165, 1.54) is 0 Å². The molecule has 0 aromatic heterocycles. The van der Waals surface area contributed by atoms with Gasteiger partial charge in [0.25, 0.3) is 0 Å². The van der Waals surface area contributed by atoms with Crippen LogP contribution in [0.3, 0.4) is 0 Å². The Hall–Kier alpha value is -2.04. The van der Waals surface area contributed by atoms with E-state index < -0.39 is 11.8 Å². The highest BCUT2D eigenvalue weighted by atomic mass is 16.5. The van der Waals surface area contributed by atoms with Crippen LogP contribution < -0.4 is 15.4 Å². The topological polar surface area (TPSA) is 67.4 Å². The molecule has 5 heteroatoms. The van der Waals surface area contributed by atoms with Gasteiger partial charge in [-0.2, -0.15) is 0 Å². The summed E-state index contributed by atoms with van der Waals surface area (Å²) in [5.74, 6) is 0.245. The van der Waals surface area contributed by atoms with Gasteiger partial charge in [0, 0.05) is 11.7 Å². The number of hydrogen-bond donors (Lipinski definition) is 2. The van der Waals surface area contributed by atoms with Crippen LogP contribution in [-0.4, -0.2) is 24.0 Å². The molecule has 1 aliphatic carbocycles. The van der Waals surface area contributed by atoms with E-state index in [-0.39, 0.29) is 12.1 Å². The summed E-state index contributed by atoms with van der Waals surface area (Å²) in [7, 11) is 0. The van der Waals surface area contributed by atoms with Crippen LogP contribution in [0.15, 0.2) is 24.3 Å². The lowest BCUT2D eigenvalue weighted by Gasteiger charge is -2.39. The maximum absolute atomic E-state index is 12.2. The smallest absolute Gasteiger partial charge is 0.313 e. The number of nitrogens with one attached hydrogen (secondary N) is 2. The van der Waals surface area contributed by atoms with Crippen molar-refractivity contribution in [1.29, 1.82) is 0 Å². The van der Waals surface area contributed by atoms with Gasteiger partial charge in [-0.25, -0.2) is 0 Å². The van der Waals surface area contributed by atoms with Crippen LogP contribution in [0.1, 0.15) is 66.7 Å². The second-order valence-electron chi connectivity index (χ2n) is 8.51. The zero-order valence-corrected chi connectivity index (χ0v) is 17.3. The summed E-state index contributed by atoms with van der Waals surface area (Å²) in [4.78, 5) is 24.4. The first-order chi connectivity index (χ1) is 12.7. The van der Waals surface area contributed by atoms with Crippen LogP contribution in [0.2, 0.25) is 0 Å². The normalized spacial score (nSPS) is 20.2. The molecule has 0 radical (unpaired) electrons. The number of ether oxygens (including phenoxy) is 1. The molecule has 0 heterocycles. The van der Waals surface area contributed by atoms with Gasteiger partial charge in [0.15, 0.2) is 0 Å². The first-order valence-electron chi connectivity index (χ1n) is 10.1.